The minimum atomic E-state index is -1.20. The molecule has 0 saturated carbocycles. The Morgan fingerprint density at radius 2 is 1.93 bits per heavy atom. The molecule has 0 bridgehead atoms. The first kappa shape index (κ1) is 10.9. The number of nitriles is 2. The van der Waals surface area contributed by atoms with Gasteiger partial charge in [-0.25, -0.2) is 0 Å². The number of benzene rings is 1. The number of hydrogen-bond donors (Lipinski definition) is 0. The van der Waals surface area contributed by atoms with E-state index in [4.69, 9.17) is 10.5 Å². The van der Waals surface area contributed by atoms with Gasteiger partial charge in [0.1, 0.15) is 0 Å². The van der Waals surface area contributed by atoms with Crippen LogP contribution in [0.3, 0.4) is 0 Å². The Hall–Kier alpha value is -2.13. The maximum atomic E-state index is 11.7. The lowest BCUT2D eigenvalue weighted by atomic mass is 9.95. The predicted molar refractivity (Wildman–Crippen MR) is 54.9 cm³/mol. The van der Waals surface area contributed by atoms with Gasteiger partial charge >= 0.3 is 0 Å². The van der Waals surface area contributed by atoms with Crippen molar-refractivity contribution in [2.45, 2.75) is 13.3 Å². The van der Waals surface area contributed by atoms with Gasteiger partial charge in [-0.3, -0.25) is 4.79 Å². The molecule has 1 aromatic rings. The van der Waals surface area contributed by atoms with Crippen molar-refractivity contribution >= 4 is 5.78 Å². The second-order valence-electron chi connectivity index (χ2n) is 3.07. The van der Waals surface area contributed by atoms with Crippen LogP contribution in [-0.2, 0) is 6.42 Å². The molecule has 0 aliphatic carbocycles. The third-order valence-corrected chi connectivity index (χ3v) is 2.18. The van der Waals surface area contributed by atoms with Gasteiger partial charge in [0.2, 0.25) is 0 Å². The Morgan fingerprint density at radius 3 is 2.47 bits per heavy atom. The van der Waals surface area contributed by atoms with Crippen molar-refractivity contribution < 1.29 is 4.79 Å². The maximum absolute atomic E-state index is 11.7. The van der Waals surface area contributed by atoms with E-state index in [9.17, 15) is 4.79 Å². The summed E-state index contributed by atoms with van der Waals surface area (Å²) in [5.41, 5.74) is 1.35. The summed E-state index contributed by atoms with van der Waals surface area (Å²) < 4.78 is 0. The fourth-order valence-electron chi connectivity index (χ4n) is 1.37. The summed E-state index contributed by atoms with van der Waals surface area (Å²) in [6, 6.07) is 10.4. The number of carbonyl (C=O) groups is 1. The van der Waals surface area contributed by atoms with Gasteiger partial charge in [-0.1, -0.05) is 31.2 Å². The summed E-state index contributed by atoms with van der Waals surface area (Å²) >= 11 is 0. The minimum absolute atomic E-state index is 0.405. The molecule has 0 aliphatic rings. The highest BCUT2D eigenvalue weighted by Gasteiger charge is 2.20. The molecule has 0 amide bonds. The fraction of sp³-hybridized carbons (Fsp3) is 0.250. The van der Waals surface area contributed by atoms with Gasteiger partial charge in [0.15, 0.2) is 11.7 Å². The van der Waals surface area contributed by atoms with E-state index in [1.165, 1.54) is 0 Å². The first-order valence-electron chi connectivity index (χ1n) is 4.66. The average molecular weight is 198 g/mol. The van der Waals surface area contributed by atoms with Gasteiger partial charge in [-0.05, 0) is 12.0 Å². The van der Waals surface area contributed by atoms with Crippen LogP contribution in [0.25, 0.3) is 0 Å². The molecule has 0 unspecified atom stereocenters. The van der Waals surface area contributed by atoms with Crippen LogP contribution < -0.4 is 0 Å². The highest BCUT2D eigenvalue weighted by atomic mass is 16.1. The number of hydrogen-bond acceptors (Lipinski definition) is 3. The standard InChI is InChI=1S/C12H10N2O/c1-2-9-5-3-4-6-11(9)12(15)10(7-13)8-14/h3-6,10H,2H2,1H3. The number of ketones is 1. The van der Waals surface area contributed by atoms with Crippen LogP contribution in [0.15, 0.2) is 24.3 Å². The second kappa shape index (κ2) is 4.93. The number of nitrogens with zero attached hydrogens (tertiary/aromatic N) is 2. The van der Waals surface area contributed by atoms with Crippen molar-refractivity contribution in [1.29, 1.82) is 10.5 Å². The lowest BCUT2D eigenvalue weighted by molar-refractivity contribution is 0.0970. The summed E-state index contributed by atoms with van der Waals surface area (Å²) in [7, 11) is 0. The predicted octanol–water partition coefficient (Wildman–Crippen LogP) is 2.10. The van der Waals surface area contributed by atoms with Crippen molar-refractivity contribution in [2.24, 2.45) is 5.92 Å². The van der Waals surface area contributed by atoms with Crippen LogP contribution in [0.4, 0.5) is 0 Å². The lowest BCUT2D eigenvalue weighted by Gasteiger charge is -2.05. The summed E-state index contributed by atoms with van der Waals surface area (Å²) in [5.74, 6) is -1.60. The van der Waals surface area contributed by atoms with E-state index in [1.54, 1.807) is 24.3 Å². The second-order valence-corrected chi connectivity index (χ2v) is 3.07. The number of aryl methyl sites for hydroxylation is 1. The third-order valence-electron chi connectivity index (χ3n) is 2.18. The van der Waals surface area contributed by atoms with E-state index in [1.807, 2.05) is 19.1 Å². The van der Waals surface area contributed by atoms with Gasteiger partial charge in [0.25, 0.3) is 0 Å². The maximum Gasteiger partial charge on any atom is 0.195 e. The van der Waals surface area contributed by atoms with Gasteiger partial charge < -0.3 is 0 Å². The summed E-state index contributed by atoms with van der Waals surface area (Å²) in [5, 5.41) is 17.3. The quantitative estimate of drug-likeness (QED) is 0.698. The van der Waals surface area contributed by atoms with E-state index in [0.29, 0.717) is 12.0 Å². The molecule has 0 aliphatic heterocycles. The first-order chi connectivity index (χ1) is 7.24. The molecule has 0 radical (unpaired) electrons. The summed E-state index contributed by atoms with van der Waals surface area (Å²) in [4.78, 5) is 11.7. The van der Waals surface area contributed by atoms with E-state index < -0.39 is 11.7 Å². The molecule has 74 valence electrons. The zero-order chi connectivity index (χ0) is 11.3. The Balaban J connectivity index is 3.13. The normalized spacial score (nSPS) is 9.33. The molecule has 3 nitrogen and oxygen atoms in total. The first-order valence-corrected chi connectivity index (χ1v) is 4.66. The van der Waals surface area contributed by atoms with Gasteiger partial charge in [-0.2, -0.15) is 10.5 Å². The Morgan fingerprint density at radius 1 is 1.33 bits per heavy atom. The number of carbonyl (C=O) groups excluding carboxylic acids is 1. The number of rotatable bonds is 3. The minimum Gasteiger partial charge on any atom is -0.291 e. The topological polar surface area (TPSA) is 64.7 Å². The molecule has 3 heteroatoms. The van der Waals surface area contributed by atoms with Crippen molar-refractivity contribution in [1.82, 2.24) is 0 Å². The van der Waals surface area contributed by atoms with Crippen LogP contribution in [0.5, 0.6) is 0 Å². The number of Topliss-reactive ketones (excluding diaryl/α,β-unsaturated/α-hetero) is 1. The van der Waals surface area contributed by atoms with E-state index in [-0.39, 0.29) is 0 Å². The Labute approximate surface area is 88.6 Å². The monoisotopic (exact) mass is 198 g/mol. The molecule has 1 rings (SSSR count). The molecule has 0 N–H and O–H groups in total. The lowest BCUT2D eigenvalue weighted by Crippen LogP contribution is -2.12. The molecule has 0 heterocycles. The summed E-state index contributed by atoms with van der Waals surface area (Å²) in [6.07, 6.45) is 0.714. The summed E-state index contributed by atoms with van der Waals surface area (Å²) in [6.45, 7) is 1.93. The fourth-order valence-corrected chi connectivity index (χ4v) is 1.37. The molecular formula is C12H10N2O. The Bertz CT molecular complexity index is 437. The molecule has 0 atom stereocenters. The van der Waals surface area contributed by atoms with Crippen molar-refractivity contribution in [3.8, 4) is 12.1 Å². The van der Waals surface area contributed by atoms with Crippen LogP contribution in [0.1, 0.15) is 22.8 Å². The Kier molecular flexibility index (Phi) is 3.60. The molecule has 1 aromatic carbocycles. The largest absolute Gasteiger partial charge is 0.291 e. The van der Waals surface area contributed by atoms with Gasteiger partial charge in [0, 0.05) is 5.56 Å². The average Bonchev–Trinajstić information content (AvgIpc) is 2.30. The third kappa shape index (κ3) is 2.21. The highest BCUT2D eigenvalue weighted by molar-refractivity contribution is 6.02. The van der Waals surface area contributed by atoms with Gasteiger partial charge in [0.05, 0.1) is 12.1 Å². The zero-order valence-corrected chi connectivity index (χ0v) is 8.40. The molecule has 0 fully saturated rings. The van der Waals surface area contributed by atoms with Crippen LogP contribution >= 0.6 is 0 Å². The van der Waals surface area contributed by atoms with Crippen LogP contribution in [0, 0.1) is 28.6 Å². The van der Waals surface area contributed by atoms with Gasteiger partial charge in [-0.15, -0.1) is 0 Å². The van der Waals surface area contributed by atoms with Crippen molar-refractivity contribution in [3.05, 3.63) is 35.4 Å². The molecular weight excluding hydrogens is 188 g/mol. The van der Waals surface area contributed by atoms with Crippen molar-refractivity contribution in [2.75, 3.05) is 0 Å². The molecule has 0 aromatic heterocycles. The van der Waals surface area contributed by atoms with E-state index in [0.717, 1.165) is 5.56 Å². The van der Waals surface area contributed by atoms with Crippen LogP contribution in [0.2, 0.25) is 0 Å². The van der Waals surface area contributed by atoms with E-state index >= 15 is 0 Å². The van der Waals surface area contributed by atoms with Crippen molar-refractivity contribution in [3.63, 3.8) is 0 Å². The SMILES string of the molecule is CCc1ccccc1C(=O)C(C#N)C#N. The highest BCUT2D eigenvalue weighted by Crippen LogP contribution is 2.14. The molecule has 15 heavy (non-hydrogen) atoms. The zero-order valence-electron chi connectivity index (χ0n) is 8.40. The van der Waals surface area contributed by atoms with E-state index in [2.05, 4.69) is 0 Å². The smallest absolute Gasteiger partial charge is 0.195 e. The molecule has 0 spiro atoms. The molecule has 0 saturated heterocycles. The van der Waals surface area contributed by atoms with Crippen LogP contribution in [-0.4, -0.2) is 5.78 Å².